The highest BCUT2D eigenvalue weighted by molar-refractivity contribution is 6.02. The van der Waals surface area contributed by atoms with Gasteiger partial charge in [-0.2, -0.15) is 0 Å². The number of nitrogens with zero attached hydrogens (tertiary/aromatic N) is 1. The van der Waals surface area contributed by atoms with Gasteiger partial charge in [0.05, 0.1) is 18.4 Å². The van der Waals surface area contributed by atoms with Crippen molar-refractivity contribution >= 4 is 23.5 Å². The summed E-state index contributed by atoms with van der Waals surface area (Å²) in [6.07, 6.45) is 4.96. The summed E-state index contributed by atoms with van der Waals surface area (Å²) in [7, 11) is 0. The lowest BCUT2D eigenvalue weighted by Crippen LogP contribution is -2.45. The SMILES string of the molecule is CCOC(=O)[C@H]1[C@H]2C(=O)N(CCCO)[C@H](C(=O)Nc3c(C)cccc3C)[C@H]2C=C[C@H]1CC. The zero-order chi connectivity index (χ0) is 23.4. The molecule has 32 heavy (non-hydrogen) atoms. The number of amides is 2. The number of carbonyl (C=O) groups is 3. The van der Waals surface area contributed by atoms with Gasteiger partial charge < -0.3 is 20.1 Å². The minimum absolute atomic E-state index is 0.0842. The number of hydrogen-bond acceptors (Lipinski definition) is 5. The van der Waals surface area contributed by atoms with Crippen LogP contribution in [0.4, 0.5) is 5.69 Å². The van der Waals surface area contributed by atoms with E-state index in [0.717, 1.165) is 16.8 Å². The number of fused-ring (bicyclic) bond motifs is 1. The molecule has 2 aliphatic rings. The predicted octanol–water partition coefficient (Wildman–Crippen LogP) is 2.84. The summed E-state index contributed by atoms with van der Waals surface area (Å²) < 4.78 is 5.33. The summed E-state index contributed by atoms with van der Waals surface area (Å²) in [6, 6.07) is 5.04. The Balaban J connectivity index is 1.99. The van der Waals surface area contributed by atoms with Crippen LogP contribution in [0, 0.1) is 37.5 Å². The fourth-order valence-corrected chi connectivity index (χ4v) is 5.14. The third-order valence-electron chi connectivity index (χ3n) is 6.70. The minimum atomic E-state index is -0.746. The van der Waals surface area contributed by atoms with E-state index >= 15 is 0 Å². The fraction of sp³-hybridized carbons (Fsp3) is 0.560. The second-order valence-electron chi connectivity index (χ2n) is 8.65. The average Bonchev–Trinajstić information content (AvgIpc) is 3.05. The molecule has 0 bridgehead atoms. The molecule has 7 nitrogen and oxygen atoms in total. The summed E-state index contributed by atoms with van der Waals surface area (Å²) in [5.74, 6) is -2.67. The first kappa shape index (κ1) is 24.0. The number of anilines is 1. The van der Waals surface area contributed by atoms with Crippen molar-refractivity contribution in [3.05, 3.63) is 41.5 Å². The minimum Gasteiger partial charge on any atom is -0.466 e. The summed E-state index contributed by atoms with van der Waals surface area (Å²) in [4.78, 5) is 41.5. The Labute approximate surface area is 189 Å². The van der Waals surface area contributed by atoms with Crippen LogP contribution >= 0.6 is 0 Å². The number of carbonyl (C=O) groups excluding carboxylic acids is 3. The number of esters is 1. The molecule has 3 rings (SSSR count). The first-order chi connectivity index (χ1) is 15.3. The molecule has 0 spiro atoms. The van der Waals surface area contributed by atoms with Crippen molar-refractivity contribution in [2.24, 2.45) is 23.7 Å². The molecule has 1 aliphatic carbocycles. The molecular formula is C25H34N2O5. The van der Waals surface area contributed by atoms with Gasteiger partial charge >= 0.3 is 5.97 Å². The first-order valence-electron chi connectivity index (χ1n) is 11.5. The molecule has 2 N–H and O–H groups in total. The Kier molecular flexibility index (Phi) is 7.72. The Morgan fingerprint density at radius 1 is 1.16 bits per heavy atom. The number of nitrogens with one attached hydrogen (secondary N) is 1. The molecule has 0 unspecified atom stereocenters. The standard InChI is InChI=1S/C25H34N2O5/c1-5-17-11-12-18-20(19(17)25(31)32-6-2)24(30)27(13-8-14-28)22(18)23(29)26-21-15(3)9-7-10-16(21)4/h7,9-12,17-20,22,28H,5-6,8,13-14H2,1-4H3,(H,26,29)/t17-,18+,19-,20+,22+/m1/s1. The van der Waals surface area contributed by atoms with Gasteiger partial charge in [-0.1, -0.05) is 37.3 Å². The number of benzene rings is 1. The Hall–Kier alpha value is -2.67. The molecule has 1 saturated heterocycles. The molecule has 1 heterocycles. The monoisotopic (exact) mass is 442 g/mol. The van der Waals surface area contributed by atoms with Gasteiger partial charge in [-0.3, -0.25) is 14.4 Å². The molecule has 1 aromatic carbocycles. The van der Waals surface area contributed by atoms with Gasteiger partial charge in [-0.25, -0.2) is 0 Å². The van der Waals surface area contributed by atoms with Crippen molar-refractivity contribution in [1.29, 1.82) is 0 Å². The molecule has 174 valence electrons. The largest absolute Gasteiger partial charge is 0.466 e. The van der Waals surface area contributed by atoms with E-state index < -0.39 is 23.8 Å². The molecule has 0 radical (unpaired) electrons. The third kappa shape index (κ3) is 4.44. The van der Waals surface area contributed by atoms with Crippen molar-refractivity contribution in [3.8, 4) is 0 Å². The van der Waals surface area contributed by atoms with Crippen LogP contribution in [0.3, 0.4) is 0 Å². The quantitative estimate of drug-likeness (QED) is 0.477. The third-order valence-corrected chi connectivity index (χ3v) is 6.70. The molecule has 0 saturated carbocycles. The molecule has 0 aromatic heterocycles. The van der Waals surface area contributed by atoms with Crippen molar-refractivity contribution in [3.63, 3.8) is 0 Å². The second-order valence-corrected chi connectivity index (χ2v) is 8.65. The first-order valence-corrected chi connectivity index (χ1v) is 11.5. The van der Waals surface area contributed by atoms with E-state index in [9.17, 15) is 19.5 Å². The van der Waals surface area contributed by atoms with Crippen LogP contribution in [-0.2, 0) is 19.1 Å². The Bertz CT molecular complexity index is 876. The van der Waals surface area contributed by atoms with Gasteiger partial charge in [-0.05, 0) is 50.7 Å². The second kappa shape index (κ2) is 10.3. The molecule has 5 atom stereocenters. The Morgan fingerprint density at radius 2 is 1.84 bits per heavy atom. The van der Waals surface area contributed by atoms with Crippen LogP contribution in [0.15, 0.2) is 30.4 Å². The predicted molar refractivity (Wildman–Crippen MR) is 122 cm³/mol. The number of para-hydroxylation sites is 1. The zero-order valence-electron chi connectivity index (χ0n) is 19.3. The van der Waals surface area contributed by atoms with Crippen LogP contribution in [0.5, 0.6) is 0 Å². The molecule has 2 amide bonds. The lowest BCUT2D eigenvalue weighted by Gasteiger charge is -2.33. The molecule has 1 fully saturated rings. The van der Waals surface area contributed by atoms with Crippen molar-refractivity contribution < 1.29 is 24.2 Å². The number of aliphatic hydroxyl groups is 1. The maximum Gasteiger partial charge on any atom is 0.310 e. The van der Waals surface area contributed by atoms with E-state index in [-0.39, 0.29) is 43.5 Å². The van der Waals surface area contributed by atoms with Crippen molar-refractivity contribution in [2.75, 3.05) is 25.1 Å². The van der Waals surface area contributed by atoms with Gasteiger partial charge in [0, 0.05) is 24.8 Å². The highest BCUT2D eigenvalue weighted by Crippen LogP contribution is 2.45. The van der Waals surface area contributed by atoms with Crippen LogP contribution in [-0.4, -0.2) is 53.6 Å². The summed E-state index contributed by atoms with van der Waals surface area (Å²) in [5, 5.41) is 12.4. The number of likely N-dealkylation sites (tertiary alicyclic amines) is 1. The number of allylic oxidation sites excluding steroid dienone is 1. The van der Waals surface area contributed by atoms with E-state index in [1.165, 1.54) is 0 Å². The van der Waals surface area contributed by atoms with Crippen LogP contribution < -0.4 is 5.32 Å². The Morgan fingerprint density at radius 3 is 2.44 bits per heavy atom. The summed E-state index contributed by atoms with van der Waals surface area (Å²) >= 11 is 0. The molecule has 7 heteroatoms. The normalized spacial score (nSPS) is 26.7. The van der Waals surface area contributed by atoms with Crippen molar-refractivity contribution in [2.45, 2.75) is 46.6 Å². The number of ether oxygens (including phenoxy) is 1. The number of aliphatic hydroxyl groups excluding tert-OH is 1. The van der Waals surface area contributed by atoms with E-state index in [0.29, 0.717) is 12.8 Å². The van der Waals surface area contributed by atoms with E-state index in [1.807, 2.05) is 51.1 Å². The van der Waals surface area contributed by atoms with Crippen LogP contribution in [0.25, 0.3) is 0 Å². The van der Waals surface area contributed by atoms with E-state index in [4.69, 9.17) is 4.74 Å². The van der Waals surface area contributed by atoms with Crippen LogP contribution in [0.2, 0.25) is 0 Å². The highest BCUT2D eigenvalue weighted by Gasteiger charge is 2.57. The van der Waals surface area contributed by atoms with Gasteiger partial charge in [0.25, 0.3) is 0 Å². The zero-order valence-corrected chi connectivity index (χ0v) is 19.3. The maximum atomic E-state index is 13.6. The smallest absolute Gasteiger partial charge is 0.310 e. The summed E-state index contributed by atoms with van der Waals surface area (Å²) in [6.45, 7) is 8.00. The highest BCUT2D eigenvalue weighted by atomic mass is 16.5. The summed E-state index contributed by atoms with van der Waals surface area (Å²) in [5.41, 5.74) is 2.62. The maximum absolute atomic E-state index is 13.6. The van der Waals surface area contributed by atoms with E-state index in [2.05, 4.69) is 5.32 Å². The topological polar surface area (TPSA) is 95.9 Å². The van der Waals surface area contributed by atoms with E-state index in [1.54, 1.807) is 11.8 Å². The molecule has 1 aromatic rings. The molecular weight excluding hydrogens is 408 g/mol. The van der Waals surface area contributed by atoms with Gasteiger partial charge in [0.1, 0.15) is 6.04 Å². The lowest BCUT2D eigenvalue weighted by molar-refractivity contribution is -0.155. The number of aryl methyl sites for hydroxylation is 2. The fourth-order valence-electron chi connectivity index (χ4n) is 5.14. The molecule has 1 aliphatic heterocycles. The number of hydrogen-bond donors (Lipinski definition) is 2. The number of rotatable bonds is 8. The van der Waals surface area contributed by atoms with Gasteiger partial charge in [0.2, 0.25) is 11.8 Å². The average molecular weight is 443 g/mol. The van der Waals surface area contributed by atoms with Crippen LogP contribution in [0.1, 0.15) is 37.8 Å². The van der Waals surface area contributed by atoms with Gasteiger partial charge in [0.15, 0.2) is 0 Å². The van der Waals surface area contributed by atoms with Crippen molar-refractivity contribution in [1.82, 2.24) is 4.90 Å². The lowest BCUT2D eigenvalue weighted by atomic mass is 9.69. The van der Waals surface area contributed by atoms with Gasteiger partial charge in [-0.15, -0.1) is 0 Å².